The molecule has 3 nitrogen and oxygen atoms in total. The van der Waals surface area contributed by atoms with E-state index in [2.05, 4.69) is 16.5 Å². The smallest absolute Gasteiger partial charge is 0.204 e. The van der Waals surface area contributed by atoms with E-state index >= 15 is 0 Å². The van der Waals surface area contributed by atoms with Crippen LogP contribution in [0.2, 0.25) is 0 Å². The van der Waals surface area contributed by atoms with Crippen LogP contribution < -0.4 is 4.80 Å². The Kier molecular flexibility index (Phi) is 2.80. The first kappa shape index (κ1) is 11.0. The van der Waals surface area contributed by atoms with Gasteiger partial charge in [0.2, 0.25) is 4.80 Å². The minimum atomic E-state index is 0.379. The van der Waals surface area contributed by atoms with Crippen molar-refractivity contribution < 1.29 is 0 Å². The van der Waals surface area contributed by atoms with Crippen LogP contribution in [0.15, 0.2) is 17.7 Å². The summed E-state index contributed by atoms with van der Waals surface area (Å²) in [5.74, 6) is 0.843. The second-order valence-electron chi connectivity index (χ2n) is 4.06. The molecule has 0 saturated carbocycles. The molecule has 88 valence electrons. The third kappa shape index (κ3) is 1.83. The molecule has 2 heterocycles. The highest BCUT2D eigenvalue weighted by molar-refractivity contribution is 7.99. The summed E-state index contributed by atoms with van der Waals surface area (Å²) in [5.41, 5.74) is 2.78. The van der Waals surface area contributed by atoms with E-state index in [0.717, 1.165) is 28.5 Å². The van der Waals surface area contributed by atoms with Gasteiger partial charge in [0.1, 0.15) is 9.86 Å². The molecule has 0 unspecified atom stereocenters. The standard InChI is InChI=1S/C12H13N3S2/c1-2-6-16-10-9-7-4-3-5-8(7)14-11(9)17-12(13)15-10/h2,13-14H,1,3-6H2. The molecule has 0 aliphatic heterocycles. The first-order chi connectivity index (χ1) is 8.29. The number of hydrogen-bond donors (Lipinski definition) is 2. The Morgan fingerprint density at radius 2 is 2.41 bits per heavy atom. The largest absolute Gasteiger partial charge is 0.350 e. The predicted molar refractivity (Wildman–Crippen MR) is 72.8 cm³/mol. The van der Waals surface area contributed by atoms with Gasteiger partial charge in [-0.25, -0.2) is 4.98 Å². The first-order valence-corrected chi connectivity index (χ1v) is 7.42. The lowest BCUT2D eigenvalue weighted by Gasteiger charge is -2.01. The molecule has 17 heavy (non-hydrogen) atoms. The van der Waals surface area contributed by atoms with Crippen LogP contribution in [0, 0.1) is 5.41 Å². The zero-order valence-electron chi connectivity index (χ0n) is 9.38. The molecule has 0 fully saturated rings. The maximum atomic E-state index is 7.76. The van der Waals surface area contributed by atoms with Crippen molar-refractivity contribution in [2.45, 2.75) is 24.3 Å². The van der Waals surface area contributed by atoms with Gasteiger partial charge in [0.05, 0.1) is 0 Å². The van der Waals surface area contributed by atoms with Crippen molar-refractivity contribution in [1.82, 2.24) is 9.97 Å². The van der Waals surface area contributed by atoms with E-state index in [9.17, 15) is 0 Å². The Morgan fingerprint density at radius 1 is 1.53 bits per heavy atom. The molecule has 1 aliphatic rings. The molecule has 0 amide bonds. The molecule has 0 atom stereocenters. The molecule has 5 heteroatoms. The van der Waals surface area contributed by atoms with Gasteiger partial charge in [0.15, 0.2) is 0 Å². The first-order valence-electron chi connectivity index (χ1n) is 5.62. The maximum absolute atomic E-state index is 7.76. The molecule has 0 spiro atoms. The third-order valence-electron chi connectivity index (χ3n) is 2.96. The number of aryl methyl sites for hydroxylation is 2. The number of fused-ring (bicyclic) bond motifs is 3. The lowest BCUT2D eigenvalue weighted by molar-refractivity contribution is 0.898. The van der Waals surface area contributed by atoms with Crippen molar-refractivity contribution in [3.8, 4) is 0 Å². The number of aromatic amines is 1. The molecule has 3 rings (SSSR count). The van der Waals surface area contributed by atoms with Gasteiger partial charge in [-0.2, -0.15) is 0 Å². The van der Waals surface area contributed by atoms with Crippen LogP contribution in [0.5, 0.6) is 0 Å². The molecule has 2 aromatic rings. The molecule has 2 aromatic heterocycles. The van der Waals surface area contributed by atoms with Gasteiger partial charge in [0.25, 0.3) is 0 Å². The quantitative estimate of drug-likeness (QED) is 0.661. The van der Waals surface area contributed by atoms with Crippen LogP contribution in [0.3, 0.4) is 0 Å². The number of hydrogen-bond acceptors (Lipinski definition) is 4. The molecule has 1 aliphatic carbocycles. The Bertz CT molecular complexity index is 639. The Hall–Kier alpha value is -1.07. The SMILES string of the molecule is C=CCSc1nc(=N)sc2[nH]c3c(c12)CCC3. The Labute approximate surface area is 107 Å². The van der Waals surface area contributed by atoms with E-state index < -0.39 is 0 Å². The highest BCUT2D eigenvalue weighted by Gasteiger charge is 2.20. The van der Waals surface area contributed by atoms with E-state index in [4.69, 9.17) is 5.41 Å². The fourth-order valence-electron chi connectivity index (χ4n) is 2.31. The Balaban J connectivity index is 2.24. The minimum Gasteiger partial charge on any atom is -0.350 e. The number of H-pyrrole nitrogens is 1. The fourth-order valence-corrected chi connectivity index (χ4v) is 4.06. The predicted octanol–water partition coefficient (Wildman–Crippen LogP) is 2.87. The zero-order valence-corrected chi connectivity index (χ0v) is 11.0. The normalized spacial score (nSPS) is 14.1. The molecule has 2 N–H and O–H groups in total. The topological polar surface area (TPSA) is 52.5 Å². The van der Waals surface area contributed by atoms with Crippen molar-refractivity contribution in [3.63, 3.8) is 0 Å². The second kappa shape index (κ2) is 4.31. The monoisotopic (exact) mass is 263 g/mol. The minimum absolute atomic E-state index is 0.379. The van der Waals surface area contributed by atoms with Gasteiger partial charge in [-0.15, -0.1) is 18.3 Å². The molecule has 0 bridgehead atoms. The highest BCUT2D eigenvalue weighted by atomic mass is 32.2. The number of rotatable bonds is 3. The summed E-state index contributed by atoms with van der Waals surface area (Å²) in [6.07, 6.45) is 5.39. The molecular formula is C12H13N3S2. The van der Waals surface area contributed by atoms with Crippen molar-refractivity contribution in [2.75, 3.05) is 5.75 Å². The van der Waals surface area contributed by atoms with Crippen LogP contribution in [-0.4, -0.2) is 15.7 Å². The van der Waals surface area contributed by atoms with Crippen molar-refractivity contribution in [3.05, 3.63) is 28.7 Å². The van der Waals surface area contributed by atoms with Crippen LogP contribution >= 0.6 is 23.1 Å². The lowest BCUT2D eigenvalue weighted by Crippen LogP contribution is -2.01. The maximum Gasteiger partial charge on any atom is 0.204 e. The van der Waals surface area contributed by atoms with Gasteiger partial charge in [0, 0.05) is 16.8 Å². The summed E-state index contributed by atoms with van der Waals surface area (Å²) in [7, 11) is 0. The second-order valence-corrected chi connectivity index (χ2v) is 6.07. The van der Waals surface area contributed by atoms with Gasteiger partial charge in [-0.05, 0) is 24.8 Å². The van der Waals surface area contributed by atoms with E-state index in [-0.39, 0.29) is 0 Å². The Morgan fingerprint density at radius 3 is 3.24 bits per heavy atom. The number of nitrogens with one attached hydrogen (secondary N) is 2. The summed E-state index contributed by atoms with van der Waals surface area (Å²) in [6.45, 7) is 3.74. The van der Waals surface area contributed by atoms with Gasteiger partial charge in [-0.1, -0.05) is 17.4 Å². The van der Waals surface area contributed by atoms with Gasteiger partial charge < -0.3 is 4.98 Å². The van der Waals surface area contributed by atoms with Gasteiger partial charge >= 0.3 is 0 Å². The molecule has 0 aromatic carbocycles. The average molecular weight is 263 g/mol. The third-order valence-corrected chi connectivity index (χ3v) is 4.73. The summed E-state index contributed by atoms with van der Waals surface area (Å²) in [6, 6.07) is 0. The summed E-state index contributed by atoms with van der Waals surface area (Å²) >= 11 is 3.11. The average Bonchev–Trinajstić information content (AvgIpc) is 2.84. The summed E-state index contributed by atoms with van der Waals surface area (Å²) in [5, 5.41) is 10.0. The van der Waals surface area contributed by atoms with Gasteiger partial charge in [-0.3, -0.25) is 5.41 Å². The number of aromatic nitrogens is 2. The number of nitrogens with zero attached hydrogens (tertiary/aromatic N) is 1. The van der Waals surface area contributed by atoms with Crippen LogP contribution in [-0.2, 0) is 12.8 Å². The van der Waals surface area contributed by atoms with Crippen molar-refractivity contribution >= 4 is 33.3 Å². The van der Waals surface area contributed by atoms with E-state index in [0.29, 0.717) is 4.80 Å². The van der Waals surface area contributed by atoms with Crippen LogP contribution in [0.1, 0.15) is 17.7 Å². The van der Waals surface area contributed by atoms with Crippen molar-refractivity contribution in [2.24, 2.45) is 0 Å². The summed E-state index contributed by atoms with van der Waals surface area (Å²) in [4.78, 5) is 9.31. The number of thioether (sulfide) groups is 1. The van der Waals surface area contributed by atoms with Crippen molar-refractivity contribution in [1.29, 1.82) is 5.41 Å². The zero-order chi connectivity index (χ0) is 11.8. The lowest BCUT2D eigenvalue weighted by atomic mass is 10.2. The fraction of sp³-hybridized carbons (Fsp3) is 0.333. The van der Waals surface area contributed by atoms with E-state index in [1.165, 1.54) is 34.4 Å². The highest BCUT2D eigenvalue weighted by Crippen LogP contribution is 2.35. The van der Waals surface area contributed by atoms with E-state index in [1.54, 1.807) is 11.8 Å². The molecular weight excluding hydrogens is 250 g/mol. The van der Waals surface area contributed by atoms with E-state index in [1.807, 2.05) is 6.08 Å². The molecule has 0 radical (unpaired) electrons. The van der Waals surface area contributed by atoms with Crippen LogP contribution in [0.4, 0.5) is 0 Å². The summed E-state index contributed by atoms with van der Waals surface area (Å²) < 4.78 is 0. The van der Waals surface area contributed by atoms with Crippen LogP contribution in [0.25, 0.3) is 10.2 Å². The molecule has 0 saturated heterocycles.